The third-order valence-electron chi connectivity index (χ3n) is 5.91. The summed E-state index contributed by atoms with van der Waals surface area (Å²) in [5, 5.41) is 5.79. The van der Waals surface area contributed by atoms with E-state index in [-0.39, 0.29) is 28.5 Å². The second-order valence-electron chi connectivity index (χ2n) is 9.83. The average molecular weight is 441 g/mol. The van der Waals surface area contributed by atoms with Gasteiger partial charge in [0.25, 0.3) is 5.91 Å². The zero-order valence-electron chi connectivity index (χ0n) is 18.3. The molecule has 1 aliphatic carbocycles. The number of carbonyl (C=O) groups is 2. The monoisotopic (exact) mass is 441 g/mol. The largest absolute Gasteiger partial charge is 0.432 e. The summed E-state index contributed by atoms with van der Waals surface area (Å²) in [4.78, 5) is 26.8. The number of halogens is 3. The maximum Gasteiger partial charge on any atom is 0.387 e. The number of ether oxygens (including phenoxy) is 1. The molecule has 2 fully saturated rings. The Labute approximate surface area is 180 Å². The van der Waals surface area contributed by atoms with Gasteiger partial charge in [-0.05, 0) is 70.1 Å². The van der Waals surface area contributed by atoms with E-state index in [4.69, 9.17) is 0 Å². The first kappa shape index (κ1) is 23.4. The second kappa shape index (κ2) is 8.68. The molecule has 0 aromatic heterocycles. The highest BCUT2D eigenvalue weighted by atomic mass is 19.3. The Morgan fingerprint density at radius 1 is 1.26 bits per heavy atom. The third-order valence-corrected chi connectivity index (χ3v) is 5.91. The van der Waals surface area contributed by atoms with Crippen molar-refractivity contribution in [3.05, 3.63) is 29.6 Å². The zero-order valence-corrected chi connectivity index (χ0v) is 18.3. The minimum atomic E-state index is -3.16. The molecule has 172 valence electrons. The van der Waals surface area contributed by atoms with Crippen molar-refractivity contribution in [3.63, 3.8) is 0 Å². The topological polar surface area (TPSA) is 70.7 Å². The Bertz CT molecular complexity index is 827. The molecule has 31 heavy (non-hydrogen) atoms. The summed E-state index contributed by atoms with van der Waals surface area (Å²) in [7, 11) is 0. The summed E-state index contributed by atoms with van der Waals surface area (Å²) in [6.07, 6.45) is 1.92. The molecule has 6 nitrogen and oxygen atoms in total. The van der Waals surface area contributed by atoms with Crippen molar-refractivity contribution in [1.29, 1.82) is 0 Å². The number of rotatable bonds is 7. The first-order valence-electron chi connectivity index (χ1n) is 10.5. The Kier molecular flexibility index (Phi) is 6.55. The Balaban J connectivity index is 1.41. The number of carbonyl (C=O) groups excluding carboxylic acids is 2. The maximum atomic E-state index is 13.5. The molecule has 1 saturated carbocycles. The highest BCUT2D eigenvalue weighted by Crippen LogP contribution is 2.52. The Morgan fingerprint density at radius 2 is 1.90 bits per heavy atom. The van der Waals surface area contributed by atoms with E-state index >= 15 is 0 Å². The van der Waals surface area contributed by atoms with Gasteiger partial charge in [0.1, 0.15) is 0 Å². The zero-order chi connectivity index (χ0) is 23.0. The van der Waals surface area contributed by atoms with Gasteiger partial charge in [-0.15, -0.1) is 0 Å². The maximum absolute atomic E-state index is 13.5. The number of amides is 2. The van der Waals surface area contributed by atoms with Crippen molar-refractivity contribution >= 4 is 11.8 Å². The number of hydrogen-bond donors (Lipinski definition) is 2. The van der Waals surface area contributed by atoms with E-state index in [0.717, 1.165) is 38.1 Å². The molecular weight excluding hydrogens is 411 g/mol. The van der Waals surface area contributed by atoms with Gasteiger partial charge in [-0.3, -0.25) is 14.5 Å². The summed E-state index contributed by atoms with van der Waals surface area (Å²) in [6.45, 7) is 6.81. The van der Waals surface area contributed by atoms with Crippen molar-refractivity contribution in [1.82, 2.24) is 15.5 Å². The molecule has 1 spiro atoms. The molecule has 1 heterocycles. The molecule has 1 aliphatic heterocycles. The van der Waals surface area contributed by atoms with Gasteiger partial charge in [-0.1, -0.05) is 0 Å². The van der Waals surface area contributed by atoms with Crippen LogP contribution in [-0.4, -0.2) is 54.5 Å². The van der Waals surface area contributed by atoms with Gasteiger partial charge < -0.3 is 15.4 Å². The minimum absolute atomic E-state index is 0.0278. The van der Waals surface area contributed by atoms with E-state index in [2.05, 4.69) is 20.3 Å². The minimum Gasteiger partial charge on any atom is -0.432 e. The van der Waals surface area contributed by atoms with Crippen molar-refractivity contribution in [2.45, 2.75) is 58.7 Å². The molecule has 0 unspecified atom stereocenters. The molecular formula is C22H30F3N3O3. The molecule has 2 N–H and O–H groups in total. The quantitative estimate of drug-likeness (QED) is 0.682. The average Bonchev–Trinajstić information content (AvgIpc) is 2.58. The van der Waals surface area contributed by atoms with E-state index in [1.54, 1.807) is 0 Å². The number of nitrogens with one attached hydrogen (secondary N) is 2. The first-order chi connectivity index (χ1) is 14.4. The van der Waals surface area contributed by atoms with Crippen LogP contribution in [0.3, 0.4) is 0 Å². The van der Waals surface area contributed by atoms with E-state index in [0.29, 0.717) is 12.5 Å². The number of likely N-dealkylation sites (tertiary alicyclic amines) is 1. The van der Waals surface area contributed by atoms with Crippen molar-refractivity contribution in [2.24, 2.45) is 11.3 Å². The van der Waals surface area contributed by atoms with Crippen LogP contribution < -0.4 is 15.4 Å². The molecule has 0 bridgehead atoms. The lowest BCUT2D eigenvalue weighted by atomic mass is 9.57. The van der Waals surface area contributed by atoms with Crippen LogP contribution in [0.5, 0.6) is 5.75 Å². The van der Waals surface area contributed by atoms with Crippen LogP contribution in [0, 0.1) is 17.2 Å². The summed E-state index contributed by atoms with van der Waals surface area (Å²) < 4.78 is 42.3. The molecule has 1 aromatic carbocycles. The van der Waals surface area contributed by atoms with Crippen molar-refractivity contribution in [2.75, 3.05) is 19.6 Å². The highest BCUT2D eigenvalue weighted by Gasteiger charge is 2.53. The Hall–Kier alpha value is -2.29. The lowest BCUT2D eigenvalue weighted by Gasteiger charge is -2.60. The van der Waals surface area contributed by atoms with E-state index in [1.165, 1.54) is 6.07 Å². The first-order valence-corrected chi connectivity index (χ1v) is 10.5. The summed E-state index contributed by atoms with van der Waals surface area (Å²) in [5.74, 6) is -1.70. The predicted octanol–water partition coefficient (Wildman–Crippen LogP) is 3.17. The van der Waals surface area contributed by atoms with Crippen LogP contribution in [0.15, 0.2) is 18.2 Å². The molecule has 1 aromatic rings. The molecule has 3 rings (SSSR count). The van der Waals surface area contributed by atoms with Crippen LogP contribution in [0.4, 0.5) is 13.2 Å². The SMILES string of the molecule is C[C@H](C(=O)NC(C)(C)C)N1CC2(CC(CNC(=O)c3ccc(F)c(OC(F)F)c3)C2)C1. The van der Waals surface area contributed by atoms with Gasteiger partial charge in [0, 0.05) is 30.7 Å². The summed E-state index contributed by atoms with van der Waals surface area (Å²) in [6, 6.07) is 2.98. The van der Waals surface area contributed by atoms with Crippen LogP contribution in [0.1, 0.15) is 50.9 Å². The van der Waals surface area contributed by atoms with Crippen LogP contribution in [0.2, 0.25) is 0 Å². The van der Waals surface area contributed by atoms with Gasteiger partial charge in [-0.25, -0.2) is 4.39 Å². The van der Waals surface area contributed by atoms with Gasteiger partial charge in [0.05, 0.1) is 6.04 Å². The number of hydrogen-bond acceptors (Lipinski definition) is 4. The molecule has 1 atom stereocenters. The molecule has 9 heteroatoms. The summed E-state index contributed by atoms with van der Waals surface area (Å²) >= 11 is 0. The predicted molar refractivity (Wildman–Crippen MR) is 109 cm³/mol. The lowest BCUT2D eigenvalue weighted by molar-refractivity contribution is -0.143. The fourth-order valence-electron chi connectivity index (χ4n) is 4.47. The molecule has 0 radical (unpaired) electrons. The highest BCUT2D eigenvalue weighted by molar-refractivity contribution is 5.94. The van der Waals surface area contributed by atoms with E-state index in [9.17, 15) is 22.8 Å². The Morgan fingerprint density at radius 3 is 2.48 bits per heavy atom. The van der Waals surface area contributed by atoms with Gasteiger partial charge >= 0.3 is 6.61 Å². The van der Waals surface area contributed by atoms with Crippen LogP contribution in [0.25, 0.3) is 0 Å². The smallest absolute Gasteiger partial charge is 0.387 e. The lowest BCUT2D eigenvalue weighted by Crippen LogP contribution is -2.67. The number of nitrogens with zero attached hydrogens (tertiary/aromatic N) is 1. The molecule has 1 saturated heterocycles. The van der Waals surface area contributed by atoms with Gasteiger partial charge in [0.2, 0.25) is 5.91 Å². The summed E-state index contributed by atoms with van der Waals surface area (Å²) in [5.41, 5.74) is 0.0178. The number of alkyl halides is 2. The van der Waals surface area contributed by atoms with Crippen LogP contribution in [-0.2, 0) is 4.79 Å². The second-order valence-corrected chi connectivity index (χ2v) is 9.83. The van der Waals surface area contributed by atoms with Crippen molar-refractivity contribution in [3.8, 4) is 5.75 Å². The van der Waals surface area contributed by atoms with Gasteiger partial charge in [-0.2, -0.15) is 8.78 Å². The normalized spacial score (nSPS) is 19.5. The standard InChI is InChI=1S/C22H30F3N3O3/c1-13(18(29)27-21(2,3)4)28-11-22(12-28)8-14(9-22)10-26-19(30)15-5-6-16(23)17(7-15)31-20(24)25/h5-7,13-14,20H,8-12H2,1-4H3,(H,26,30)(H,27,29)/t13-/m1/s1. The third kappa shape index (κ3) is 5.70. The van der Waals surface area contributed by atoms with E-state index in [1.807, 2.05) is 27.7 Å². The van der Waals surface area contributed by atoms with E-state index < -0.39 is 24.1 Å². The van der Waals surface area contributed by atoms with Crippen molar-refractivity contribution < 1.29 is 27.5 Å². The number of benzene rings is 1. The fourth-order valence-corrected chi connectivity index (χ4v) is 4.47. The fraction of sp³-hybridized carbons (Fsp3) is 0.636. The van der Waals surface area contributed by atoms with Crippen LogP contribution >= 0.6 is 0 Å². The van der Waals surface area contributed by atoms with Gasteiger partial charge in [0.15, 0.2) is 11.6 Å². The molecule has 2 aliphatic rings. The molecule has 2 amide bonds.